The van der Waals surface area contributed by atoms with E-state index in [4.69, 9.17) is 5.11 Å². The first kappa shape index (κ1) is 14.0. The van der Waals surface area contributed by atoms with Gasteiger partial charge in [-0.15, -0.1) is 0 Å². The molecule has 98 valence electrons. The van der Waals surface area contributed by atoms with E-state index in [1.165, 1.54) is 13.8 Å². The van der Waals surface area contributed by atoms with E-state index in [1.54, 1.807) is 0 Å². The normalized spacial score (nSPS) is 11.3. The Balaban J connectivity index is 2.94. The number of hydrogen-bond donors (Lipinski definition) is 2. The Labute approximate surface area is 103 Å². The van der Waals surface area contributed by atoms with Crippen LogP contribution < -0.4 is 5.32 Å². The molecule has 0 aliphatic rings. The zero-order chi connectivity index (χ0) is 13.9. The number of nitrogens with zero attached hydrogens (tertiary/aromatic N) is 1. The highest BCUT2D eigenvalue weighted by Gasteiger charge is 2.27. The minimum Gasteiger partial charge on any atom is -0.480 e. The number of nitrogens with one attached hydrogen (secondary N) is 1. The van der Waals surface area contributed by atoms with E-state index in [9.17, 15) is 19.3 Å². The van der Waals surface area contributed by atoms with E-state index in [0.717, 1.165) is 18.2 Å². The van der Waals surface area contributed by atoms with Crippen LogP contribution in [0.1, 0.15) is 19.4 Å². The summed E-state index contributed by atoms with van der Waals surface area (Å²) in [5.41, 5.74) is -1.39. The van der Waals surface area contributed by atoms with Gasteiger partial charge in [-0.05, 0) is 26.0 Å². The molecule has 0 fully saturated rings. The molecule has 1 aromatic rings. The molecule has 0 aromatic heterocycles. The predicted molar refractivity (Wildman–Crippen MR) is 61.6 cm³/mol. The van der Waals surface area contributed by atoms with E-state index in [0.29, 0.717) is 0 Å². The van der Waals surface area contributed by atoms with Crippen molar-refractivity contribution in [1.29, 1.82) is 0 Å². The summed E-state index contributed by atoms with van der Waals surface area (Å²) in [4.78, 5) is 21.0. The van der Waals surface area contributed by atoms with Crippen LogP contribution in [0.3, 0.4) is 0 Å². The maximum absolute atomic E-state index is 13.0. The van der Waals surface area contributed by atoms with E-state index in [1.807, 2.05) is 0 Å². The molecule has 2 N–H and O–H groups in total. The number of hydrogen-bond acceptors (Lipinski definition) is 4. The fraction of sp³-hybridized carbons (Fsp3) is 0.364. The number of nitro benzene ring substituents is 1. The fourth-order valence-corrected chi connectivity index (χ4v) is 1.27. The standard InChI is InChI=1S/C11H13FN2O4/c1-11(2,10(15)16)13-6-7-5-8(12)3-4-9(7)14(17)18/h3-5,13H,6H2,1-2H3,(H,15,16). The van der Waals surface area contributed by atoms with Gasteiger partial charge in [0.05, 0.1) is 4.92 Å². The van der Waals surface area contributed by atoms with E-state index in [2.05, 4.69) is 5.32 Å². The number of rotatable bonds is 5. The third-order valence-electron chi connectivity index (χ3n) is 2.49. The molecule has 1 aromatic carbocycles. The Morgan fingerprint density at radius 1 is 1.56 bits per heavy atom. The summed E-state index contributed by atoms with van der Waals surface area (Å²) in [5.74, 6) is -1.70. The lowest BCUT2D eigenvalue weighted by Crippen LogP contribution is -2.46. The fourth-order valence-electron chi connectivity index (χ4n) is 1.27. The Morgan fingerprint density at radius 3 is 2.67 bits per heavy atom. The lowest BCUT2D eigenvalue weighted by atomic mass is 10.1. The average Bonchev–Trinajstić information content (AvgIpc) is 2.26. The largest absolute Gasteiger partial charge is 0.480 e. The summed E-state index contributed by atoms with van der Waals surface area (Å²) in [6.45, 7) is 2.73. The van der Waals surface area contributed by atoms with Crippen molar-refractivity contribution in [3.05, 3.63) is 39.7 Å². The van der Waals surface area contributed by atoms with Crippen LogP contribution >= 0.6 is 0 Å². The summed E-state index contributed by atoms with van der Waals surface area (Å²) in [6, 6.07) is 3.06. The van der Waals surface area contributed by atoms with Crippen LogP contribution in [0, 0.1) is 15.9 Å². The van der Waals surface area contributed by atoms with Crippen LogP contribution in [0.5, 0.6) is 0 Å². The Bertz CT molecular complexity index is 488. The Kier molecular flexibility index (Phi) is 3.97. The molecule has 0 radical (unpaired) electrons. The van der Waals surface area contributed by atoms with Crippen molar-refractivity contribution in [1.82, 2.24) is 5.32 Å². The molecule has 0 atom stereocenters. The summed E-state index contributed by atoms with van der Waals surface area (Å²) in [5, 5.41) is 22.2. The van der Waals surface area contributed by atoms with E-state index >= 15 is 0 Å². The van der Waals surface area contributed by atoms with E-state index < -0.39 is 22.2 Å². The van der Waals surface area contributed by atoms with Crippen LogP contribution in [-0.2, 0) is 11.3 Å². The monoisotopic (exact) mass is 256 g/mol. The predicted octanol–water partition coefficient (Wildman–Crippen LogP) is 1.69. The van der Waals surface area contributed by atoms with Crippen LogP contribution in [0.25, 0.3) is 0 Å². The minimum atomic E-state index is -1.25. The summed E-state index contributed by atoms with van der Waals surface area (Å²) >= 11 is 0. The van der Waals surface area contributed by atoms with Gasteiger partial charge in [0.15, 0.2) is 0 Å². The first-order valence-electron chi connectivity index (χ1n) is 5.15. The maximum Gasteiger partial charge on any atom is 0.323 e. The van der Waals surface area contributed by atoms with Crippen molar-refractivity contribution in [2.24, 2.45) is 0 Å². The average molecular weight is 256 g/mol. The molecule has 0 amide bonds. The van der Waals surface area contributed by atoms with Gasteiger partial charge in [-0.25, -0.2) is 4.39 Å². The number of carbonyl (C=O) groups is 1. The SMILES string of the molecule is CC(C)(NCc1cc(F)ccc1[N+](=O)[O-])C(=O)O. The lowest BCUT2D eigenvalue weighted by Gasteiger charge is -2.20. The van der Waals surface area contributed by atoms with Crippen LogP contribution in [0.4, 0.5) is 10.1 Å². The molecule has 18 heavy (non-hydrogen) atoms. The highest BCUT2D eigenvalue weighted by molar-refractivity contribution is 5.77. The van der Waals surface area contributed by atoms with Gasteiger partial charge < -0.3 is 5.11 Å². The molecular formula is C11H13FN2O4. The Hall–Kier alpha value is -2.02. The van der Waals surface area contributed by atoms with Crippen molar-refractivity contribution in [3.8, 4) is 0 Å². The van der Waals surface area contributed by atoms with Gasteiger partial charge in [0.25, 0.3) is 5.69 Å². The highest BCUT2D eigenvalue weighted by atomic mass is 19.1. The second-order valence-corrected chi connectivity index (χ2v) is 4.31. The second-order valence-electron chi connectivity index (χ2n) is 4.31. The van der Waals surface area contributed by atoms with Crippen molar-refractivity contribution in [3.63, 3.8) is 0 Å². The quantitative estimate of drug-likeness (QED) is 0.617. The van der Waals surface area contributed by atoms with Crippen molar-refractivity contribution < 1.29 is 19.2 Å². The van der Waals surface area contributed by atoms with Gasteiger partial charge in [0.2, 0.25) is 0 Å². The third kappa shape index (κ3) is 3.24. The van der Waals surface area contributed by atoms with Gasteiger partial charge in [-0.3, -0.25) is 20.2 Å². The van der Waals surface area contributed by atoms with Crippen LogP contribution in [0.2, 0.25) is 0 Å². The zero-order valence-electron chi connectivity index (χ0n) is 9.94. The molecular weight excluding hydrogens is 243 g/mol. The van der Waals surface area contributed by atoms with Crippen molar-refractivity contribution >= 4 is 11.7 Å². The molecule has 6 nitrogen and oxygen atoms in total. The van der Waals surface area contributed by atoms with Crippen molar-refractivity contribution in [2.75, 3.05) is 0 Å². The molecule has 0 aliphatic heterocycles. The molecule has 0 saturated carbocycles. The summed E-state index contributed by atoms with van der Waals surface area (Å²) < 4.78 is 13.0. The van der Waals surface area contributed by atoms with Gasteiger partial charge in [-0.1, -0.05) is 0 Å². The summed E-state index contributed by atoms with van der Waals surface area (Å²) in [7, 11) is 0. The highest BCUT2D eigenvalue weighted by Crippen LogP contribution is 2.20. The van der Waals surface area contributed by atoms with Gasteiger partial charge in [0, 0.05) is 18.2 Å². The molecule has 7 heteroatoms. The lowest BCUT2D eigenvalue weighted by molar-refractivity contribution is -0.385. The first-order valence-corrected chi connectivity index (χ1v) is 5.15. The van der Waals surface area contributed by atoms with Gasteiger partial charge in [-0.2, -0.15) is 0 Å². The topological polar surface area (TPSA) is 92.5 Å². The van der Waals surface area contributed by atoms with Crippen LogP contribution in [-0.4, -0.2) is 21.5 Å². The van der Waals surface area contributed by atoms with E-state index in [-0.39, 0.29) is 17.8 Å². The van der Waals surface area contributed by atoms with Crippen LogP contribution in [0.15, 0.2) is 18.2 Å². The molecule has 0 saturated heterocycles. The number of carboxylic acid groups (broad SMARTS) is 1. The molecule has 0 aliphatic carbocycles. The molecule has 0 spiro atoms. The zero-order valence-corrected chi connectivity index (χ0v) is 9.94. The molecule has 0 heterocycles. The van der Waals surface area contributed by atoms with Gasteiger partial charge in [0.1, 0.15) is 11.4 Å². The minimum absolute atomic E-state index is 0.104. The molecule has 0 bridgehead atoms. The number of benzene rings is 1. The van der Waals surface area contributed by atoms with Crippen molar-refractivity contribution in [2.45, 2.75) is 25.9 Å². The number of halogens is 1. The number of aliphatic carboxylic acids is 1. The number of nitro groups is 1. The third-order valence-corrected chi connectivity index (χ3v) is 2.49. The summed E-state index contributed by atoms with van der Waals surface area (Å²) in [6.07, 6.45) is 0. The van der Waals surface area contributed by atoms with Gasteiger partial charge >= 0.3 is 5.97 Å². The first-order chi connectivity index (χ1) is 8.24. The molecule has 0 unspecified atom stereocenters. The maximum atomic E-state index is 13.0. The smallest absolute Gasteiger partial charge is 0.323 e. The Morgan fingerprint density at radius 2 is 2.17 bits per heavy atom. The number of carboxylic acids is 1. The second kappa shape index (κ2) is 5.09. The molecule has 1 rings (SSSR count).